The van der Waals surface area contributed by atoms with Gasteiger partial charge in [-0.3, -0.25) is 0 Å². The van der Waals surface area contributed by atoms with Gasteiger partial charge < -0.3 is 10.3 Å². The van der Waals surface area contributed by atoms with Crippen LogP contribution in [0.15, 0.2) is 22.8 Å². The minimum Gasteiger partial charge on any atom is -0.340 e. The maximum atomic E-state index is 6.13. The van der Waals surface area contributed by atoms with Crippen molar-refractivity contribution in [3.8, 4) is 11.4 Å². The smallest absolute Gasteiger partial charge is 0.140 e. The van der Waals surface area contributed by atoms with Gasteiger partial charge in [0.05, 0.1) is 10.7 Å². The number of aromatic amines is 1. The zero-order chi connectivity index (χ0) is 12.4. The number of nitrogens with one attached hydrogen (secondary N) is 2. The minimum atomic E-state index is 0.578. The highest BCUT2D eigenvalue weighted by Crippen LogP contribution is 2.30. The molecule has 2 N–H and O–H groups in total. The lowest BCUT2D eigenvalue weighted by Gasteiger charge is -2.01. The van der Waals surface area contributed by atoms with E-state index in [0.29, 0.717) is 16.6 Å². The van der Waals surface area contributed by atoms with E-state index in [1.165, 1.54) is 0 Å². The largest absolute Gasteiger partial charge is 0.340 e. The minimum absolute atomic E-state index is 0.578. The van der Waals surface area contributed by atoms with E-state index in [0.717, 1.165) is 21.7 Å². The van der Waals surface area contributed by atoms with Crippen LogP contribution in [0.4, 0.5) is 0 Å². The van der Waals surface area contributed by atoms with Crippen molar-refractivity contribution in [2.24, 2.45) is 0 Å². The van der Waals surface area contributed by atoms with Crippen LogP contribution in [-0.2, 0) is 6.54 Å². The van der Waals surface area contributed by atoms with E-state index < -0.39 is 0 Å². The van der Waals surface area contributed by atoms with Crippen LogP contribution in [0.25, 0.3) is 11.4 Å². The summed E-state index contributed by atoms with van der Waals surface area (Å²) in [6.07, 6.45) is 0. The van der Waals surface area contributed by atoms with Crippen LogP contribution in [0.5, 0.6) is 0 Å². The molecule has 0 bridgehead atoms. The summed E-state index contributed by atoms with van der Waals surface area (Å²) < 4.78 is 0.785. The Balaban J connectivity index is 2.42. The maximum Gasteiger partial charge on any atom is 0.140 e. The van der Waals surface area contributed by atoms with Crippen LogP contribution in [-0.4, -0.2) is 17.0 Å². The summed E-state index contributed by atoms with van der Waals surface area (Å²) >= 11 is 15.4. The average Bonchev–Trinajstić information content (AvgIpc) is 2.60. The molecule has 17 heavy (non-hydrogen) atoms. The molecule has 0 amide bonds. The van der Waals surface area contributed by atoms with Gasteiger partial charge in [0.15, 0.2) is 0 Å². The Hall–Kier alpha value is -0.550. The van der Waals surface area contributed by atoms with Gasteiger partial charge in [0.2, 0.25) is 0 Å². The molecule has 0 aliphatic carbocycles. The molecular formula is C11H10BrCl2N3. The van der Waals surface area contributed by atoms with Gasteiger partial charge in [0.25, 0.3) is 0 Å². The molecule has 0 fully saturated rings. The summed E-state index contributed by atoms with van der Waals surface area (Å²) in [6, 6.07) is 5.34. The van der Waals surface area contributed by atoms with Crippen LogP contribution in [0.1, 0.15) is 5.69 Å². The zero-order valence-electron chi connectivity index (χ0n) is 9.02. The van der Waals surface area contributed by atoms with E-state index in [2.05, 4.69) is 31.2 Å². The fourth-order valence-electron chi connectivity index (χ4n) is 1.49. The van der Waals surface area contributed by atoms with E-state index in [-0.39, 0.29) is 0 Å². The molecule has 1 heterocycles. The van der Waals surface area contributed by atoms with Gasteiger partial charge in [0, 0.05) is 17.1 Å². The lowest BCUT2D eigenvalue weighted by Crippen LogP contribution is -2.05. The third kappa shape index (κ3) is 2.83. The summed E-state index contributed by atoms with van der Waals surface area (Å²) in [5, 5.41) is 4.25. The quantitative estimate of drug-likeness (QED) is 0.894. The van der Waals surface area contributed by atoms with Crippen LogP contribution in [0.3, 0.4) is 0 Å². The van der Waals surface area contributed by atoms with Crippen LogP contribution in [0.2, 0.25) is 10.0 Å². The third-order valence-corrected chi connectivity index (χ3v) is 3.47. The fourth-order valence-corrected chi connectivity index (χ4v) is 2.41. The highest BCUT2D eigenvalue weighted by molar-refractivity contribution is 9.10. The first-order valence-corrected chi connectivity index (χ1v) is 6.51. The highest BCUT2D eigenvalue weighted by atomic mass is 79.9. The van der Waals surface area contributed by atoms with Crippen molar-refractivity contribution in [3.05, 3.63) is 38.5 Å². The molecule has 1 aromatic heterocycles. The van der Waals surface area contributed by atoms with Crippen LogP contribution >= 0.6 is 39.1 Å². The molecule has 6 heteroatoms. The number of rotatable bonds is 3. The first kappa shape index (κ1) is 12.9. The van der Waals surface area contributed by atoms with Gasteiger partial charge in [0.1, 0.15) is 10.4 Å². The standard InChI is InChI=1S/C11H10BrCl2N3/c1-15-5-9-10(12)17-11(16-9)7-3-2-6(13)4-8(7)14/h2-4,15H,5H2,1H3,(H,16,17). The number of imidazole rings is 1. The van der Waals surface area contributed by atoms with Crippen molar-refractivity contribution in [2.45, 2.75) is 6.54 Å². The van der Waals surface area contributed by atoms with Gasteiger partial charge in [-0.2, -0.15) is 0 Å². The monoisotopic (exact) mass is 333 g/mol. The van der Waals surface area contributed by atoms with Crippen molar-refractivity contribution >= 4 is 39.1 Å². The second-order valence-electron chi connectivity index (χ2n) is 3.51. The Morgan fingerprint density at radius 1 is 1.41 bits per heavy atom. The molecule has 0 atom stereocenters. The Labute approximate surface area is 118 Å². The van der Waals surface area contributed by atoms with Gasteiger partial charge in [-0.15, -0.1) is 0 Å². The number of aromatic nitrogens is 2. The van der Waals surface area contributed by atoms with Crippen molar-refractivity contribution in [2.75, 3.05) is 7.05 Å². The molecule has 0 aliphatic rings. The number of hydrogen-bond acceptors (Lipinski definition) is 2. The number of nitrogens with zero attached hydrogens (tertiary/aromatic N) is 1. The summed E-state index contributed by atoms with van der Waals surface area (Å²) in [5.74, 6) is 0.726. The molecule has 0 spiro atoms. The van der Waals surface area contributed by atoms with Crippen molar-refractivity contribution < 1.29 is 0 Å². The van der Waals surface area contributed by atoms with Gasteiger partial charge in [-0.25, -0.2) is 4.98 Å². The van der Waals surface area contributed by atoms with Crippen molar-refractivity contribution in [1.29, 1.82) is 0 Å². The Kier molecular flexibility index (Phi) is 4.09. The van der Waals surface area contributed by atoms with E-state index in [1.54, 1.807) is 12.1 Å². The molecule has 2 rings (SSSR count). The molecule has 0 saturated carbocycles. The summed E-state index contributed by atoms with van der Waals surface area (Å²) in [6.45, 7) is 0.707. The van der Waals surface area contributed by atoms with Crippen LogP contribution < -0.4 is 5.32 Å². The van der Waals surface area contributed by atoms with E-state index >= 15 is 0 Å². The number of halogens is 3. The highest BCUT2D eigenvalue weighted by Gasteiger charge is 2.11. The predicted octanol–water partition coefficient (Wildman–Crippen LogP) is 3.87. The predicted molar refractivity (Wildman–Crippen MR) is 74.5 cm³/mol. The number of benzene rings is 1. The molecule has 0 unspecified atom stereocenters. The Morgan fingerprint density at radius 3 is 2.82 bits per heavy atom. The lowest BCUT2D eigenvalue weighted by atomic mass is 10.2. The van der Waals surface area contributed by atoms with E-state index in [9.17, 15) is 0 Å². The fraction of sp³-hybridized carbons (Fsp3) is 0.182. The molecule has 1 aromatic carbocycles. The zero-order valence-corrected chi connectivity index (χ0v) is 12.1. The third-order valence-electron chi connectivity index (χ3n) is 2.27. The van der Waals surface area contributed by atoms with Gasteiger partial charge in [-0.1, -0.05) is 23.2 Å². The normalized spacial score (nSPS) is 10.8. The maximum absolute atomic E-state index is 6.13. The Morgan fingerprint density at radius 2 is 2.18 bits per heavy atom. The second-order valence-corrected chi connectivity index (χ2v) is 5.10. The first-order valence-electron chi connectivity index (χ1n) is 4.96. The van der Waals surface area contributed by atoms with Crippen molar-refractivity contribution in [3.63, 3.8) is 0 Å². The van der Waals surface area contributed by atoms with E-state index in [4.69, 9.17) is 23.2 Å². The van der Waals surface area contributed by atoms with Gasteiger partial charge in [-0.05, 0) is 41.2 Å². The summed E-state index contributed by atoms with van der Waals surface area (Å²) in [7, 11) is 1.88. The van der Waals surface area contributed by atoms with Crippen LogP contribution in [0, 0.1) is 0 Å². The van der Waals surface area contributed by atoms with Gasteiger partial charge >= 0.3 is 0 Å². The van der Waals surface area contributed by atoms with E-state index in [1.807, 2.05) is 13.1 Å². The van der Waals surface area contributed by atoms with Crippen molar-refractivity contribution in [1.82, 2.24) is 15.3 Å². The topological polar surface area (TPSA) is 40.7 Å². The average molecular weight is 335 g/mol. The molecule has 90 valence electrons. The molecule has 0 saturated heterocycles. The molecule has 0 radical (unpaired) electrons. The molecule has 3 nitrogen and oxygen atoms in total. The second kappa shape index (κ2) is 5.40. The SMILES string of the molecule is CNCc1[nH]c(-c2ccc(Cl)cc2Cl)nc1Br. The Bertz CT molecular complexity index is 540. The first-order chi connectivity index (χ1) is 8.11. The lowest BCUT2D eigenvalue weighted by molar-refractivity contribution is 0.793. The molecule has 2 aromatic rings. The molecular weight excluding hydrogens is 325 g/mol. The number of hydrogen-bond donors (Lipinski definition) is 2. The summed E-state index contributed by atoms with van der Waals surface area (Å²) in [4.78, 5) is 7.59. The number of H-pyrrole nitrogens is 1. The summed E-state index contributed by atoms with van der Waals surface area (Å²) in [5.41, 5.74) is 1.81. The molecule has 0 aliphatic heterocycles.